The molecule has 94 valence electrons. The Balaban J connectivity index is 2.23. The summed E-state index contributed by atoms with van der Waals surface area (Å²) in [5, 5.41) is 9.37. The standard InChI is InChI=1S/C14H16N2O2/c1-18-14(17)12-8-5-9-16(12)13(10-15)11-6-3-2-4-7-11/h2-4,6-7,12-13H,5,8-9H2,1H3/t12-,13+/m0/s1. The molecule has 1 fully saturated rings. The normalized spacial score (nSPS) is 21.2. The number of ether oxygens (including phenoxy) is 1. The van der Waals surface area contributed by atoms with Crippen LogP contribution in [-0.4, -0.2) is 30.6 Å². The van der Waals surface area contributed by atoms with Gasteiger partial charge in [-0.05, 0) is 18.4 Å². The van der Waals surface area contributed by atoms with Crippen molar-refractivity contribution in [2.45, 2.75) is 24.9 Å². The Morgan fingerprint density at radius 1 is 1.50 bits per heavy atom. The van der Waals surface area contributed by atoms with Crippen LogP contribution < -0.4 is 0 Å². The lowest BCUT2D eigenvalue weighted by Gasteiger charge is -2.27. The van der Waals surface area contributed by atoms with Gasteiger partial charge in [0, 0.05) is 6.54 Å². The predicted octanol–water partition coefficient (Wildman–Crippen LogP) is 1.89. The molecule has 1 heterocycles. The quantitative estimate of drug-likeness (QED) is 0.762. The van der Waals surface area contributed by atoms with E-state index in [-0.39, 0.29) is 18.1 Å². The van der Waals surface area contributed by atoms with Crippen LogP contribution >= 0.6 is 0 Å². The zero-order valence-corrected chi connectivity index (χ0v) is 10.4. The lowest BCUT2D eigenvalue weighted by Crippen LogP contribution is -2.39. The van der Waals surface area contributed by atoms with Crippen LogP contribution in [0.4, 0.5) is 0 Å². The molecule has 18 heavy (non-hydrogen) atoms. The molecule has 1 aliphatic rings. The lowest BCUT2D eigenvalue weighted by molar-refractivity contribution is -0.146. The zero-order valence-electron chi connectivity index (χ0n) is 10.4. The summed E-state index contributed by atoms with van der Waals surface area (Å²) in [6, 6.07) is 11.2. The van der Waals surface area contributed by atoms with Crippen LogP contribution in [0.3, 0.4) is 0 Å². The summed E-state index contributed by atoms with van der Waals surface area (Å²) in [5.41, 5.74) is 0.927. The molecule has 1 aromatic carbocycles. The molecule has 2 atom stereocenters. The molecule has 0 aromatic heterocycles. The maximum Gasteiger partial charge on any atom is 0.323 e. The smallest absolute Gasteiger partial charge is 0.323 e. The average Bonchev–Trinajstić information content (AvgIpc) is 2.89. The third kappa shape index (κ3) is 2.36. The Morgan fingerprint density at radius 3 is 2.83 bits per heavy atom. The molecule has 4 heteroatoms. The highest BCUT2D eigenvalue weighted by Crippen LogP contribution is 2.29. The molecule has 0 unspecified atom stereocenters. The van der Waals surface area contributed by atoms with Crippen LogP contribution in [0.1, 0.15) is 24.4 Å². The van der Waals surface area contributed by atoms with Crippen molar-refractivity contribution in [3.05, 3.63) is 35.9 Å². The van der Waals surface area contributed by atoms with Crippen LogP contribution in [0.25, 0.3) is 0 Å². The zero-order chi connectivity index (χ0) is 13.0. The first-order valence-electron chi connectivity index (χ1n) is 6.06. The number of carbonyl (C=O) groups is 1. The molecule has 0 N–H and O–H groups in total. The van der Waals surface area contributed by atoms with E-state index in [0.29, 0.717) is 0 Å². The maximum absolute atomic E-state index is 11.7. The molecule has 0 amide bonds. The number of likely N-dealkylation sites (tertiary alicyclic amines) is 1. The van der Waals surface area contributed by atoms with E-state index >= 15 is 0 Å². The van der Waals surface area contributed by atoms with E-state index in [9.17, 15) is 10.1 Å². The Kier molecular flexibility index (Phi) is 3.96. The van der Waals surface area contributed by atoms with Crippen molar-refractivity contribution in [3.8, 4) is 6.07 Å². The fraction of sp³-hybridized carbons (Fsp3) is 0.429. The molecule has 1 saturated heterocycles. The van der Waals surface area contributed by atoms with Gasteiger partial charge in [0.15, 0.2) is 0 Å². The second-order valence-electron chi connectivity index (χ2n) is 4.36. The minimum absolute atomic E-state index is 0.247. The molecular formula is C14H16N2O2. The highest BCUT2D eigenvalue weighted by atomic mass is 16.5. The number of nitriles is 1. The molecule has 0 saturated carbocycles. The molecule has 2 rings (SSSR count). The molecule has 1 aromatic rings. The second-order valence-corrected chi connectivity index (χ2v) is 4.36. The first-order chi connectivity index (χ1) is 8.77. The van der Waals surface area contributed by atoms with Crippen molar-refractivity contribution >= 4 is 5.97 Å². The van der Waals surface area contributed by atoms with E-state index in [2.05, 4.69) is 6.07 Å². The summed E-state index contributed by atoms with van der Waals surface area (Å²) in [5.74, 6) is -0.247. The van der Waals surface area contributed by atoms with Crippen molar-refractivity contribution in [2.75, 3.05) is 13.7 Å². The van der Waals surface area contributed by atoms with E-state index in [1.54, 1.807) is 0 Å². The second kappa shape index (κ2) is 5.65. The predicted molar refractivity (Wildman–Crippen MR) is 66.5 cm³/mol. The molecule has 1 aliphatic heterocycles. The highest BCUT2D eigenvalue weighted by molar-refractivity contribution is 5.76. The fourth-order valence-electron chi connectivity index (χ4n) is 2.46. The minimum atomic E-state index is -0.377. The first-order valence-corrected chi connectivity index (χ1v) is 6.06. The Morgan fingerprint density at radius 2 is 2.22 bits per heavy atom. The van der Waals surface area contributed by atoms with Crippen molar-refractivity contribution < 1.29 is 9.53 Å². The Bertz CT molecular complexity index is 453. The number of rotatable bonds is 3. The van der Waals surface area contributed by atoms with Gasteiger partial charge >= 0.3 is 5.97 Å². The highest BCUT2D eigenvalue weighted by Gasteiger charge is 2.36. The minimum Gasteiger partial charge on any atom is -0.468 e. The van der Waals surface area contributed by atoms with E-state index in [0.717, 1.165) is 24.9 Å². The summed E-state index contributed by atoms with van der Waals surface area (Å²) in [6.45, 7) is 0.757. The van der Waals surface area contributed by atoms with Gasteiger partial charge in [-0.3, -0.25) is 9.69 Å². The summed E-state index contributed by atoms with van der Waals surface area (Å²) < 4.78 is 4.80. The van der Waals surface area contributed by atoms with Crippen LogP contribution in [0.15, 0.2) is 30.3 Å². The molecule has 0 bridgehead atoms. The van der Waals surface area contributed by atoms with Gasteiger partial charge in [-0.15, -0.1) is 0 Å². The topological polar surface area (TPSA) is 53.3 Å². The number of carbonyl (C=O) groups excluding carboxylic acids is 1. The summed E-state index contributed by atoms with van der Waals surface area (Å²) in [7, 11) is 1.39. The van der Waals surface area contributed by atoms with Crippen LogP contribution in [0.2, 0.25) is 0 Å². The van der Waals surface area contributed by atoms with Crippen LogP contribution in [-0.2, 0) is 9.53 Å². The Hall–Kier alpha value is -1.86. The summed E-state index contributed by atoms with van der Waals surface area (Å²) >= 11 is 0. The summed E-state index contributed by atoms with van der Waals surface area (Å²) in [4.78, 5) is 13.6. The molecule has 0 aliphatic carbocycles. The largest absolute Gasteiger partial charge is 0.468 e. The monoisotopic (exact) mass is 244 g/mol. The van der Waals surface area contributed by atoms with E-state index < -0.39 is 0 Å². The van der Waals surface area contributed by atoms with Gasteiger partial charge in [0.2, 0.25) is 0 Å². The number of methoxy groups -OCH3 is 1. The third-order valence-corrected chi connectivity index (χ3v) is 3.34. The van der Waals surface area contributed by atoms with E-state index in [1.165, 1.54) is 7.11 Å². The SMILES string of the molecule is COC(=O)[C@@H]1CCCN1[C@H](C#N)c1ccccc1. The Labute approximate surface area is 107 Å². The molecular weight excluding hydrogens is 228 g/mol. The number of hydrogen-bond donors (Lipinski definition) is 0. The van der Waals surface area contributed by atoms with Gasteiger partial charge in [0.1, 0.15) is 12.1 Å². The fourth-order valence-corrected chi connectivity index (χ4v) is 2.46. The van der Waals surface area contributed by atoms with Crippen LogP contribution in [0.5, 0.6) is 0 Å². The van der Waals surface area contributed by atoms with Gasteiger partial charge in [-0.25, -0.2) is 0 Å². The lowest BCUT2D eigenvalue weighted by atomic mass is 10.1. The molecule has 4 nitrogen and oxygen atoms in total. The van der Waals surface area contributed by atoms with E-state index in [1.807, 2.05) is 35.2 Å². The van der Waals surface area contributed by atoms with Gasteiger partial charge in [-0.1, -0.05) is 30.3 Å². The first kappa shape index (κ1) is 12.6. The third-order valence-electron chi connectivity index (χ3n) is 3.34. The number of nitrogens with zero attached hydrogens (tertiary/aromatic N) is 2. The van der Waals surface area contributed by atoms with Crippen molar-refractivity contribution in [2.24, 2.45) is 0 Å². The number of hydrogen-bond acceptors (Lipinski definition) is 4. The van der Waals surface area contributed by atoms with Crippen molar-refractivity contribution in [3.63, 3.8) is 0 Å². The summed E-state index contributed by atoms with van der Waals surface area (Å²) in [6.07, 6.45) is 1.68. The van der Waals surface area contributed by atoms with Gasteiger partial charge in [0.25, 0.3) is 0 Å². The number of esters is 1. The van der Waals surface area contributed by atoms with Gasteiger partial charge in [-0.2, -0.15) is 5.26 Å². The average molecular weight is 244 g/mol. The molecule has 0 spiro atoms. The maximum atomic E-state index is 11.7. The van der Waals surface area contributed by atoms with Crippen molar-refractivity contribution in [1.29, 1.82) is 5.26 Å². The van der Waals surface area contributed by atoms with Gasteiger partial charge in [0.05, 0.1) is 13.2 Å². The molecule has 0 radical (unpaired) electrons. The van der Waals surface area contributed by atoms with Gasteiger partial charge < -0.3 is 4.74 Å². The van der Waals surface area contributed by atoms with E-state index in [4.69, 9.17) is 4.74 Å². The van der Waals surface area contributed by atoms with Crippen LogP contribution in [0, 0.1) is 11.3 Å². The number of benzene rings is 1. The van der Waals surface area contributed by atoms with Crippen molar-refractivity contribution in [1.82, 2.24) is 4.90 Å².